The number of carbonyl (C=O) groups excluding carboxylic acids is 2. The summed E-state index contributed by atoms with van der Waals surface area (Å²) in [6.07, 6.45) is 28.1. The van der Waals surface area contributed by atoms with E-state index >= 15 is 0 Å². The van der Waals surface area contributed by atoms with Gasteiger partial charge in [-0.15, -0.1) is 0 Å². The Balaban J connectivity index is 4.07. The summed E-state index contributed by atoms with van der Waals surface area (Å²) in [6.45, 7) is 5.68. The van der Waals surface area contributed by atoms with Crippen molar-refractivity contribution in [3.63, 3.8) is 0 Å². The molecule has 0 aliphatic carbocycles. The topological polar surface area (TPSA) is 120 Å². The van der Waals surface area contributed by atoms with E-state index in [1.807, 2.05) is 0 Å². The molecule has 0 aromatic rings. The monoisotopic (exact) mass is 552 g/mol. The number of guanidine groups is 1. The summed E-state index contributed by atoms with van der Waals surface area (Å²) in [5.41, 5.74) is 5.35. The standard InChI is InChI=1S/C32H65N5O2/c1-3-5-7-9-11-13-14-15-17-19-21-23-27-35-31(39)29(25-24-28-36-32(33)34)37-30(38)26-22-20-18-16-12-10-8-6-4-2/h29H,3-28H2,1-2H3,(H,35,39)(H,37,38)(H4,33,34,36). The van der Waals surface area contributed by atoms with Crippen molar-refractivity contribution < 1.29 is 9.59 Å². The van der Waals surface area contributed by atoms with Gasteiger partial charge >= 0.3 is 0 Å². The zero-order valence-corrected chi connectivity index (χ0v) is 25.9. The first-order valence-corrected chi connectivity index (χ1v) is 16.7. The number of rotatable bonds is 29. The smallest absolute Gasteiger partial charge is 0.242 e. The molecule has 1 atom stereocenters. The number of unbranched alkanes of at least 4 members (excludes halogenated alkanes) is 19. The van der Waals surface area contributed by atoms with Crippen LogP contribution in [0.3, 0.4) is 0 Å². The minimum atomic E-state index is -0.526. The summed E-state index contributed by atoms with van der Waals surface area (Å²) in [6, 6.07) is -0.526. The normalized spacial score (nSPS) is 11.7. The van der Waals surface area contributed by atoms with Crippen LogP contribution in [0, 0.1) is 5.41 Å². The molecule has 0 radical (unpaired) electrons. The minimum Gasteiger partial charge on any atom is -0.370 e. The van der Waals surface area contributed by atoms with Crippen molar-refractivity contribution in [3.05, 3.63) is 0 Å². The highest BCUT2D eigenvalue weighted by Crippen LogP contribution is 2.12. The lowest BCUT2D eigenvalue weighted by molar-refractivity contribution is -0.129. The fourth-order valence-electron chi connectivity index (χ4n) is 4.96. The lowest BCUT2D eigenvalue weighted by Crippen LogP contribution is -2.47. The van der Waals surface area contributed by atoms with Crippen molar-refractivity contribution in [2.75, 3.05) is 13.1 Å². The summed E-state index contributed by atoms with van der Waals surface area (Å²) < 4.78 is 0. The van der Waals surface area contributed by atoms with Crippen LogP contribution >= 0.6 is 0 Å². The van der Waals surface area contributed by atoms with Crippen LogP contribution in [0.5, 0.6) is 0 Å². The number of carbonyl (C=O) groups is 2. The maximum absolute atomic E-state index is 12.8. The summed E-state index contributed by atoms with van der Waals surface area (Å²) >= 11 is 0. The number of hydrogen-bond donors (Lipinski definition) is 5. The van der Waals surface area contributed by atoms with Gasteiger partial charge in [0, 0.05) is 19.5 Å². The van der Waals surface area contributed by atoms with Gasteiger partial charge in [0.05, 0.1) is 0 Å². The second-order valence-electron chi connectivity index (χ2n) is 11.4. The molecule has 0 aliphatic heterocycles. The SMILES string of the molecule is CCCCCCCCCCCCCCNC(=O)C(CCCNC(=N)N)NC(=O)CCCCCCCCCCC. The second kappa shape index (κ2) is 29.2. The van der Waals surface area contributed by atoms with Crippen molar-refractivity contribution >= 4 is 17.8 Å². The Bertz CT molecular complexity index is 585. The molecule has 0 aromatic carbocycles. The minimum absolute atomic E-state index is 0.0389. The Morgan fingerprint density at radius 1 is 0.590 bits per heavy atom. The van der Waals surface area contributed by atoms with Crippen LogP contribution in [-0.2, 0) is 9.59 Å². The lowest BCUT2D eigenvalue weighted by Gasteiger charge is -2.19. The molecule has 0 rings (SSSR count). The van der Waals surface area contributed by atoms with Crippen LogP contribution in [-0.4, -0.2) is 36.9 Å². The van der Waals surface area contributed by atoms with Crippen molar-refractivity contribution in [1.82, 2.24) is 16.0 Å². The lowest BCUT2D eigenvalue weighted by atomic mass is 10.1. The molecule has 0 bridgehead atoms. The van der Waals surface area contributed by atoms with Crippen molar-refractivity contribution in [2.24, 2.45) is 5.73 Å². The molecule has 0 saturated carbocycles. The van der Waals surface area contributed by atoms with Crippen LogP contribution in [0.4, 0.5) is 0 Å². The summed E-state index contributed by atoms with van der Waals surface area (Å²) in [5.74, 6) is -0.207. The fourth-order valence-corrected chi connectivity index (χ4v) is 4.96. The highest BCUT2D eigenvalue weighted by Gasteiger charge is 2.20. The van der Waals surface area contributed by atoms with Crippen LogP contribution in [0.1, 0.15) is 168 Å². The van der Waals surface area contributed by atoms with Crippen LogP contribution in [0.15, 0.2) is 0 Å². The third-order valence-electron chi connectivity index (χ3n) is 7.47. The average Bonchev–Trinajstić information content (AvgIpc) is 2.91. The quantitative estimate of drug-likeness (QED) is 0.0376. The maximum Gasteiger partial charge on any atom is 0.242 e. The molecule has 230 valence electrons. The summed E-state index contributed by atoms with van der Waals surface area (Å²) in [5, 5.41) is 16.1. The van der Waals surface area contributed by atoms with E-state index in [1.54, 1.807) is 0 Å². The van der Waals surface area contributed by atoms with Gasteiger partial charge in [-0.25, -0.2) is 0 Å². The molecule has 0 heterocycles. The van der Waals surface area contributed by atoms with Gasteiger partial charge in [0.15, 0.2) is 5.96 Å². The molecule has 2 amide bonds. The Morgan fingerprint density at radius 2 is 1.00 bits per heavy atom. The molecule has 0 fully saturated rings. The summed E-state index contributed by atoms with van der Waals surface area (Å²) in [7, 11) is 0. The first-order valence-electron chi connectivity index (χ1n) is 16.7. The van der Waals surface area contributed by atoms with Crippen molar-refractivity contribution in [1.29, 1.82) is 5.41 Å². The Kier molecular flexibility index (Phi) is 27.9. The molecule has 6 N–H and O–H groups in total. The molecule has 7 heteroatoms. The van der Waals surface area contributed by atoms with Gasteiger partial charge in [-0.3, -0.25) is 15.0 Å². The van der Waals surface area contributed by atoms with E-state index in [9.17, 15) is 9.59 Å². The van der Waals surface area contributed by atoms with E-state index in [0.29, 0.717) is 32.4 Å². The second-order valence-corrected chi connectivity index (χ2v) is 11.4. The van der Waals surface area contributed by atoms with E-state index in [2.05, 4.69) is 29.8 Å². The van der Waals surface area contributed by atoms with E-state index < -0.39 is 6.04 Å². The van der Waals surface area contributed by atoms with Crippen molar-refractivity contribution in [2.45, 2.75) is 174 Å². The van der Waals surface area contributed by atoms with Crippen molar-refractivity contribution in [3.8, 4) is 0 Å². The highest BCUT2D eigenvalue weighted by atomic mass is 16.2. The van der Waals surface area contributed by atoms with Gasteiger partial charge in [-0.2, -0.15) is 0 Å². The molecule has 7 nitrogen and oxygen atoms in total. The third kappa shape index (κ3) is 27.6. The fraction of sp³-hybridized carbons (Fsp3) is 0.906. The van der Waals surface area contributed by atoms with E-state index in [1.165, 1.54) is 109 Å². The zero-order valence-electron chi connectivity index (χ0n) is 25.9. The zero-order chi connectivity index (χ0) is 28.8. The molecule has 0 spiro atoms. The van der Waals surface area contributed by atoms with Gasteiger partial charge in [-0.1, -0.05) is 136 Å². The molecular formula is C32H65N5O2. The highest BCUT2D eigenvalue weighted by molar-refractivity contribution is 5.87. The first kappa shape index (κ1) is 37.2. The van der Waals surface area contributed by atoms with Gasteiger partial charge in [0.2, 0.25) is 11.8 Å². The van der Waals surface area contributed by atoms with Gasteiger partial charge < -0.3 is 21.7 Å². The van der Waals surface area contributed by atoms with Gasteiger partial charge in [-0.05, 0) is 25.7 Å². The van der Waals surface area contributed by atoms with Crippen LogP contribution in [0.2, 0.25) is 0 Å². The first-order chi connectivity index (χ1) is 19.0. The number of nitrogens with one attached hydrogen (secondary N) is 4. The van der Waals surface area contributed by atoms with Crippen LogP contribution < -0.4 is 21.7 Å². The third-order valence-corrected chi connectivity index (χ3v) is 7.47. The molecule has 0 aromatic heterocycles. The maximum atomic E-state index is 12.8. The molecule has 1 unspecified atom stereocenters. The van der Waals surface area contributed by atoms with E-state index in [0.717, 1.165) is 25.7 Å². The van der Waals surface area contributed by atoms with E-state index in [-0.39, 0.29) is 17.8 Å². The Labute approximate surface area is 241 Å². The number of hydrogen-bond acceptors (Lipinski definition) is 3. The van der Waals surface area contributed by atoms with Crippen LogP contribution in [0.25, 0.3) is 0 Å². The Hall–Kier alpha value is -1.79. The van der Waals surface area contributed by atoms with Gasteiger partial charge in [0.25, 0.3) is 0 Å². The average molecular weight is 552 g/mol. The Morgan fingerprint density at radius 3 is 1.46 bits per heavy atom. The number of nitrogens with two attached hydrogens (primary N) is 1. The molecule has 0 saturated heterocycles. The molecular weight excluding hydrogens is 486 g/mol. The largest absolute Gasteiger partial charge is 0.370 e. The summed E-state index contributed by atoms with van der Waals surface area (Å²) in [4.78, 5) is 25.4. The predicted molar refractivity (Wildman–Crippen MR) is 167 cm³/mol. The van der Waals surface area contributed by atoms with E-state index in [4.69, 9.17) is 11.1 Å². The predicted octanol–water partition coefficient (Wildman–Crippen LogP) is 7.47. The number of amides is 2. The van der Waals surface area contributed by atoms with Gasteiger partial charge in [0.1, 0.15) is 6.04 Å². The molecule has 0 aliphatic rings. The molecule has 39 heavy (non-hydrogen) atoms.